The van der Waals surface area contributed by atoms with Gasteiger partial charge in [-0.15, -0.1) is 0 Å². The first-order valence-electron chi connectivity index (χ1n) is 5.98. The van der Waals surface area contributed by atoms with Gasteiger partial charge in [-0.1, -0.05) is 0 Å². The summed E-state index contributed by atoms with van der Waals surface area (Å²) in [5, 5.41) is 7.63. The number of aldehydes is 1. The predicted molar refractivity (Wildman–Crippen MR) is 53.3 cm³/mol. The first kappa shape index (κ1) is 27.0. The van der Waals surface area contributed by atoms with Crippen molar-refractivity contribution in [2.45, 2.75) is 47.4 Å². The molecule has 0 aliphatic rings. The van der Waals surface area contributed by atoms with E-state index in [9.17, 15) is 79.8 Å². The van der Waals surface area contributed by atoms with Gasteiger partial charge >= 0.3 is 53.3 Å². The Kier molecular flexibility index (Phi) is 6.07. The molecule has 0 atom stereocenters. The molecule has 3 nitrogen and oxygen atoms in total. The third-order valence-electron chi connectivity index (χ3n) is 3.20. The Morgan fingerprint density at radius 1 is 0.517 bits per heavy atom. The zero-order chi connectivity index (χ0) is 24.3. The van der Waals surface area contributed by atoms with Crippen molar-refractivity contribution >= 4 is 12.3 Å². The first-order valence-corrected chi connectivity index (χ1v) is 5.98. The van der Waals surface area contributed by atoms with Gasteiger partial charge in [0, 0.05) is 0 Å². The summed E-state index contributed by atoms with van der Waals surface area (Å²) in [5.74, 6) is -69.2. The minimum Gasteiger partial charge on any atom is -0.477 e. The van der Waals surface area contributed by atoms with Crippen LogP contribution in [-0.2, 0) is 9.59 Å². The van der Waals surface area contributed by atoms with Crippen molar-refractivity contribution in [3.05, 3.63) is 0 Å². The fraction of sp³-hybridized carbons (Fsp3) is 0.800. The molecule has 0 amide bonds. The molecule has 1 N–H and O–H groups in total. The Morgan fingerprint density at radius 3 is 1.00 bits per heavy atom. The van der Waals surface area contributed by atoms with Gasteiger partial charge in [0.15, 0.2) is 6.29 Å². The lowest BCUT2D eigenvalue weighted by Crippen LogP contribution is -2.75. The highest BCUT2D eigenvalue weighted by molar-refractivity contribution is 5.77. The van der Waals surface area contributed by atoms with Crippen LogP contribution in [0.15, 0.2) is 0 Å². The van der Waals surface area contributed by atoms with E-state index in [1.165, 1.54) is 0 Å². The Bertz CT molecular complexity index is 666. The molecule has 0 aromatic carbocycles. The molecule has 0 radical (unpaired) electrons. The van der Waals surface area contributed by atoms with Crippen molar-refractivity contribution in [1.82, 2.24) is 0 Å². The average molecular weight is 474 g/mol. The molecule has 0 rings (SSSR count). The summed E-state index contributed by atoms with van der Waals surface area (Å²) >= 11 is 0. The van der Waals surface area contributed by atoms with E-state index in [0.29, 0.717) is 0 Å². The average Bonchev–Trinajstić information content (AvgIpc) is 2.53. The maximum atomic E-state index is 13.1. The number of hydrogen-bond donors (Lipinski definition) is 1. The summed E-state index contributed by atoms with van der Waals surface area (Å²) in [6, 6.07) is 0. The third kappa shape index (κ3) is 3.06. The highest BCUT2D eigenvalue weighted by atomic mass is 19.4. The van der Waals surface area contributed by atoms with E-state index in [4.69, 9.17) is 5.11 Å². The lowest BCUT2D eigenvalue weighted by atomic mass is 9.88. The van der Waals surface area contributed by atoms with Crippen LogP contribution in [0.4, 0.5) is 70.2 Å². The van der Waals surface area contributed by atoms with E-state index < -0.39 is 59.6 Å². The molecule has 0 aromatic rings. The topological polar surface area (TPSA) is 54.4 Å². The van der Waals surface area contributed by atoms with Crippen LogP contribution in [0.2, 0.25) is 0 Å². The summed E-state index contributed by atoms with van der Waals surface area (Å²) in [6.45, 7) is 0. The molecule has 0 aliphatic heterocycles. The molecule has 0 aliphatic carbocycles. The Hall–Kier alpha value is -1.98. The van der Waals surface area contributed by atoms with Gasteiger partial charge in [0.1, 0.15) is 0 Å². The van der Waals surface area contributed by atoms with E-state index in [1.54, 1.807) is 0 Å². The molecule has 0 saturated heterocycles. The summed E-state index contributed by atoms with van der Waals surface area (Å²) in [7, 11) is 0. The van der Waals surface area contributed by atoms with Gasteiger partial charge in [0.2, 0.25) is 0 Å². The fourth-order valence-corrected chi connectivity index (χ4v) is 1.40. The maximum Gasteiger partial charge on any atom is 0.410 e. The van der Waals surface area contributed by atoms with Crippen LogP contribution in [0.1, 0.15) is 0 Å². The van der Waals surface area contributed by atoms with Gasteiger partial charge in [0.25, 0.3) is 0 Å². The molecule has 0 spiro atoms. The van der Waals surface area contributed by atoms with E-state index in [1.807, 2.05) is 0 Å². The van der Waals surface area contributed by atoms with Gasteiger partial charge in [0.05, 0.1) is 0 Å². The van der Waals surface area contributed by atoms with Crippen molar-refractivity contribution in [3.63, 3.8) is 0 Å². The van der Waals surface area contributed by atoms with Crippen LogP contribution in [0.25, 0.3) is 0 Å². The van der Waals surface area contributed by atoms with E-state index in [2.05, 4.69) is 0 Å². The first-order chi connectivity index (χ1) is 12.3. The standard InChI is InChI=1S/C10H2F16O3/c11-3(12,1-27)5(15,16)7(19,20)9(23,24)10(25,26)8(21,22)6(17,18)4(13,14)2(28)29/h1H,(H,28,29). The quantitative estimate of drug-likeness (QED) is 0.400. The zero-order valence-electron chi connectivity index (χ0n) is 12.4. The van der Waals surface area contributed by atoms with E-state index in [0.717, 1.165) is 0 Å². The molecule has 0 bridgehead atoms. The minimum atomic E-state index is -8.71. The van der Waals surface area contributed by atoms with Gasteiger partial charge < -0.3 is 5.11 Å². The number of carbonyl (C=O) groups is 2. The van der Waals surface area contributed by atoms with Crippen molar-refractivity contribution in [3.8, 4) is 0 Å². The summed E-state index contributed by atoms with van der Waals surface area (Å²) in [5.41, 5.74) is 0. The van der Waals surface area contributed by atoms with Crippen LogP contribution in [0, 0.1) is 0 Å². The van der Waals surface area contributed by atoms with Crippen molar-refractivity contribution < 1.29 is 84.9 Å². The van der Waals surface area contributed by atoms with Crippen LogP contribution in [-0.4, -0.2) is 64.7 Å². The van der Waals surface area contributed by atoms with Gasteiger partial charge in [-0.05, 0) is 0 Å². The highest BCUT2D eigenvalue weighted by Gasteiger charge is 2.95. The number of hydrogen-bond acceptors (Lipinski definition) is 2. The SMILES string of the molecule is O=CC(F)(F)C(F)(F)C(F)(F)C(F)(F)C(F)(F)C(F)(F)C(F)(F)C(F)(F)C(=O)O. The Morgan fingerprint density at radius 2 is 0.759 bits per heavy atom. The van der Waals surface area contributed by atoms with E-state index >= 15 is 0 Å². The second-order valence-electron chi connectivity index (χ2n) is 5.07. The molecule has 172 valence electrons. The van der Waals surface area contributed by atoms with Crippen molar-refractivity contribution in [2.24, 2.45) is 0 Å². The van der Waals surface area contributed by atoms with Gasteiger partial charge in [-0.3, -0.25) is 4.79 Å². The number of alkyl halides is 16. The number of carboxylic acid groups (broad SMARTS) is 1. The molecule has 29 heavy (non-hydrogen) atoms. The van der Waals surface area contributed by atoms with Crippen LogP contribution in [0.5, 0.6) is 0 Å². The molecular weight excluding hydrogens is 472 g/mol. The second kappa shape index (κ2) is 6.51. The minimum absolute atomic E-state index is 2.51. The number of carbonyl (C=O) groups excluding carboxylic acids is 1. The summed E-state index contributed by atoms with van der Waals surface area (Å²) in [4.78, 5) is 19.4. The number of carboxylic acids is 1. The smallest absolute Gasteiger partial charge is 0.410 e. The Labute approximate surface area is 146 Å². The van der Waals surface area contributed by atoms with Crippen LogP contribution < -0.4 is 0 Å². The monoisotopic (exact) mass is 474 g/mol. The molecule has 0 fully saturated rings. The predicted octanol–water partition coefficient (Wildman–Crippen LogP) is 4.35. The van der Waals surface area contributed by atoms with Gasteiger partial charge in [-0.25, -0.2) is 4.79 Å². The highest BCUT2D eigenvalue weighted by Crippen LogP contribution is 2.63. The molecule has 0 aromatic heterocycles. The normalized spacial score (nSPS) is 16.0. The largest absolute Gasteiger partial charge is 0.477 e. The van der Waals surface area contributed by atoms with Crippen LogP contribution >= 0.6 is 0 Å². The fourth-order valence-electron chi connectivity index (χ4n) is 1.40. The summed E-state index contributed by atoms with van der Waals surface area (Å²) in [6.07, 6.45) is -2.51. The zero-order valence-corrected chi connectivity index (χ0v) is 12.4. The Balaban J connectivity index is 6.83. The second-order valence-corrected chi connectivity index (χ2v) is 5.07. The van der Waals surface area contributed by atoms with Gasteiger partial charge in [-0.2, -0.15) is 70.2 Å². The number of aliphatic carboxylic acids is 1. The molecule has 0 heterocycles. The lowest BCUT2D eigenvalue weighted by molar-refractivity contribution is -0.447. The van der Waals surface area contributed by atoms with E-state index in [-0.39, 0.29) is 0 Å². The molecule has 0 saturated carbocycles. The van der Waals surface area contributed by atoms with Crippen molar-refractivity contribution in [1.29, 1.82) is 0 Å². The molecule has 0 unspecified atom stereocenters. The third-order valence-corrected chi connectivity index (χ3v) is 3.20. The maximum absolute atomic E-state index is 13.1. The summed E-state index contributed by atoms with van der Waals surface area (Å²) < 4.78 is 206. The number of halogens is 16. The molecule has 19 heteroatoms. The molecular formula is C10H2F16O3. The van der Waals surface area contributed by atoms with Crippen LogP contribution in [0.3, 0.4) is 0 Å². The van der Waals surface area contributed by atoms with Crippen molar-refractivity contribution in [2.75, 3.05) is 0 Å². The number of rotatable bonds is 9. The lowest BCUT2D eigenvalue weighted by Gasteiger charge is -2.42.